The molecule has 1 aliphatic heterocycles. The molecule has 0 saturated carbocycles. The maximum atomic E-state index is 2.22. The Labute approximate surface area is 64.6 Å². The molecule has 0 amide bonds. The first-order valence-corrected chi connectivity index (χ1v) is 4.24. The van der Waals surface area contributed by atoms with Gasteiger partial charge in [-0.15, -0.1) is 0 Å². The number of fused-ring (bicyclic) bond motifs is 1. The minimum Gasteiger partial charge on any atom is -0.376 e. The molecule has 0 atom stereocenters. The molecule has 0 radical (unpaired) electrons. The molecule has 0 unspecified atom stereocenters. The van der Waals surface area contributed by atoms with Gasteiger partial charge in [-0.25, -0.2) is 0 Å². The fraction of sp³-hybridized carbons (Fsp3) is 0.250. The zero-order chi connectivity index (χ0) is 6.97. The Morgan fingerprint density at radius 1 is 1.50 bits per heavy atom. The predicted molar refractivity (Wildman–Crippen MR) is 44.8 cm³/mol. The maximum Gasteiger partial charge on any atom is 0.0434 e. The second-order valence-electron chi connectivity index (χ2n) is 2.58. The zero-order valence-corrected chi connectivity index (χ0v) is 6.69. The Morgan fingerprint density at radius 3 is 3.30 bits per heavy atom. The minimum atomic E-state index is 1.06. The molecule has 1 nitrogen and oxygen atoms in total. The molecular formula is C8H9NS. The first-order chi connectivity index (χ1) is 4.86. The van der Waals surface area contributed by atoms with Crippen LogP contribution in [-0.2, 0) is 6.54 Å². The lowest BCUT2D eigenvalue weighted by Gasteiger charge is -2.17. The van der Waals surface area contributed by atoms with Gasteiger partial charge in [0.1, 0.15) is 0 Å². The highest BCUT2D eigenvalue weighted by Gasteiger charge is 2.06. The van der Waals surface area contributed by atoms with Crippen molar-refractivity contribution < 1.29 is 0 Å². The van der Waals surface area contributed by atoms with Gasteiger partial charge in [0, 0.05) is 13.6 Å². The van der Waals surface area contributed by atoms with Crippen molar-refractivity contribution in [2.75, 3.05) is 7.05 Å². The van der Waals surface area contributed by atoms with Crippen LogP contribution >= 0.6 is 11.3 Å². The van der Waals surface area contributed by atoms with Gasteiger partial charge < -0.3 is 4.90 Å². The fourth-order valence-electron chi connectivity index (χ4n) is 1.14. The van der Waals surface area contributed by atoms with Gasteiger partial charge in [0.15, 0.2) is 0 Å². The fourth-order valence-corrected chi connectivity index (χ4v) is 1.96. The van der Waals surface area contributed by atoms with Gasteiger partial charge in [-0.3, -0.25) is 0 Å². The summed E-state index contributed by atoms with van der Waals surface area (Å²) in [5.41, 5.74) is 2.85. The van der Waals surface area contributed by atoms with Crippen molar-refractivity contribution >= 4 is 17.4 Å². The normalized spacial score (nSPS) is 15.5. The van der Waals surface area contributed by atoms with Crippen molar-refractivity contribution in [2.45, 2.75) is 6.54 Å². The largest absolute Gasteiger partial charge is 0.376 e. The van der Waals surface area contributed by atoms with Gasteiger partial charge in [0.05, 0.1) is 0 Å². The molecule has 0 saturated heterocycles. The van der Waals surface area contributed by atoms with Crippen molar-refractivity contribution in [1.29, 1.82) is 0 Å². The number of hydrogen-bond donors (Lipinski definition) is 0. The van der Waals surface area contributed by atoms with E-state index in [0.717, 1.165) is 6.54 Å². The van der Waals surface area contributed by atoms with Crippen LogP contribution in [0.25, 0.3) is 6.08 Å². The van der Waals surface area contributed by atoms with Crippen LogP contribution in [0.15, 0.2) is 17.0 Å². The van der Waals surface area contributed by atoms with Crippen LogP contribution in [0.3, 0.4) is 0 Å². The highest BCUT2D eigenvalue weighted by Crippen LogP contribution is 2.21. The van der Waals surface area contributed by atoms with Gasteiger partial charge in [0.2, 0.25) is 0 Å². The number of thiophene rings is 1. The first-order valence-electron chi connectivity index (χ1n) is 3.30. The molecule has 2 heteroatoms. The third kappa shape index (κ3) is 0.847. The summed E-state index contributed by atoms with van der Waals surface area (Å²) < 4.78 is 0. The van der Waals surface area contributed by atoms with Gasteiger partial charge in [-0.2, -0.15) is 11.3 Å². The Kier molecular flexibility index (Phi) is 1.27. The maximum absolute atomic E-state index is 2.22. The molecule has 0 fully saturated rings. The monoisotopic (exact) mass is 151 g/mol. The molecule has 0 bridgehead atoms. The van der Waals surface area contributed by atoms with E-state index >= 15 is 0 Å². The van der Waals surface area contributed by atoms with Crippen LogP contribution in [0.1, 0.15) is 11.1 Å². The lowest BCUT2D eigenvalue weighted by molar-refractivity contribution is 0.449. The molecule has 1 aromatic heterocycles. The van der Waals surface area contributed by atoms with Crippen molar-refractivity contribution in [3.63, 3.8) is 0 Å². The van der Waals surface area contributed by atoms with Crippen LogP contribution < -0.4 is 0 Å². The topological polar surface area (TPSA) is 3.24 Å². The summed E-state index contributed by atoms with van der Waals surface area (Å²) >= 11 is 1.78. The number of nitrogens with zero attached hydrogens (tertiary/aromatic N) is 1. The lowest BCUT2D eigenvalue weighted by atomic mass is 10.1. The van der Waals surface area contributed by atoms with E-state index in [2.05, 4.69) is 35.0 Å². The molecule has 0 N–H and O–H groups in total. The average Bonchev–Trinajstić information content (AvgIpc) is 2.33. The van der Waals surface area contributed by atoms with Gasteiger partial charge in [-0.1, -0.05) is 0 Å². The lowest BCUT2D eigenvalue weighted by Crippen LogP contribution is -2.12. The summed E-state index contributed by atoms with van der Waals surface area (Å²) in [6.45, 7) is 1.06. The Hall–Kier alpha value is -0.760. The smallest absolute Gasteiger partial charge is 0.0434 e. The quantitative estimate of drug-likeness (QED) is 0.549. The van der Waals surface area contributed by atoms with Crippen LogP contribution in [0.5, 0.6) is 0 Å². The van der Waals surface area contributed by atoms with Crippen molar-refractivity contribution in [3.05, 3.63) is 28.1 Å². The molecule has 2 heterocycles. The molecule has 52 valence electrons. The Balaban J connectivity index is 2.43. The third-order valence-corrected chi connectivity index (χ3v) is 2.52. The third-order valence-electron chi connectivity index (χ3n) is 1.70. The summed E-state index contributed by atoms with van der Waals surface area (Å²) in [5.74, 6) is 0. The predicted octanol–water partition coefficient (Wildman–Crippen LogP) is 2.16. The molecule has 2 rings (SSSR count). The summed E-state index contributed by atoms with van der Waals surface area (Å²) in [6, 6.07) is 0. The van der Waals surface area contributed by atoms with Gasteiger partial charge >= 0.3 is 0 Å². The van der Waals surface area contributed by atoms with Crippen LogP contribution in [0, 0.1) is 0 Å². The average molecular weight is 151 g/mol. The van der Waals surface area contributed by atoms with E-state index in [1.807, 2.05) is 0 Å². The summed E-state index contributed by atoms with van der Waals surface area (Å²) in [4.78, 5) is 2.19. The first kappa shape index (κ1) is 5.98. The van der Waals surface area contributed by atoms with Crippen LogP contribution in [0.4, 0.5) is 0 Å². The number of rotatable bonds is 0. The Bertz CT molecular complexity index is 262. The second kappa shape index (κ2) is 2.13. The highest BCUT2D eigenvalue weighted by molar-refractivity contribution is 7.08. The van der Waals surface area contributed by atoms with E-state index in [1.54, 1.807) is 11.3 Å². The van der Waals surface area contributed by atoms with Crippen LogP contribution in [-0.4, -0.2) is 11.9 Å². The van der Waals surface area contributed by atoms with E-state index in [1.165, 1.54) is 11.1 Å². The molecule has 0 spiro atoms. The summed E-state index contributed by atoms with van der Waals surface area (Å²) in [5, 5.41) is 4.41. The molecule has 0 aromatic carbocycles. The zero-order valence-electron chi connectivity index (χ0n) is 5.87. The Morgan fingerprint density at radius 2 is 2.40 bits per heavy atom. The highest BCUT2D eigenvalue weighted by atomic mass is 32.1. The molecule has 10 heavy (non-hydrogen) atoms. The van der Waals surface area contributed by atoms with Crippen molar-refractivity contribution in [3.8, 4) is 0 Å². The minimum absolute atomic E-state index is 1.06. The molecule has 1 aliphatic rings. The van der Waals surface area contributed by atoms with E-state index in [4.69, 9.17) is 0 Å². The summed E-state index contributed by atoms with van der Waals surface area (Å²) in [7, 11) is 2.09. The molecular weight excluding hydrogens is 142 g/mol. The molecule has 0 aliphatic carbocycles. The van der Waals surface area contributed by atoms with Crippen molar-refractivity contribution in [1.82, 2.24) is 4.90 Å². The number of hydrogen-bond acceptors (Lipinski definition) is 2. The molecule has 1 aromatic rings. The van der Waals surface area contributed by atoms with Crippen molar-refractivity contribution in [2.24, 2.45) is 0 Å². The summed E-state index contributed by atoms with van der Waals surface area (Å²) in [6.07, 6.45) is 4.28. The standard InChI is InChI=1S/C8H9NS/c1-9-3-2-7-5-10-6-8(7)4-9/h2-3,5-6H,4H2,1H3. The second-order valence-corrected chi connectivity index (χ2v) is 3.33. The van der Waals surface area contributed by atoms with E-state index in [9.17, 15) is 0 Å². The van der Waals surface area contributed by atoms with Gasteiger partial charge in [0.25, 0.3) is 0 Å². The van der Waals surface area contributed by atoms with E-state index in [-0.39, 0.29) is 0 Å². The van der Waals surface area contributed by atoms with Gasteiger partial charge in [-0.05, 0) is 34.2 Å². The van der Waals surface area contributed by atoms with E-state index in [0.29, 0.717) is 0 Å². The van der Waals surface area contributed by atoms with E-state index < -0.39 is 0 Å². The van der Waals surface area contributed by atoms with Crippen LogP contribution in [0.2, 0.25) is 0 Å². The SMILES string of the molecule is CN1C=Cc2cscc2C1.